The Morgan fingerprint density at radius 1 is 0.537 bits per heavy atom. The van der Waals surface area contributed by atoms with Gasteiger partial charge in [0.2, 0.25) is 0 Å². The number of carbonyl (C=O) groups excluding carboxylic acids is 1. The van der Waals surface area contributed by atoms with Crippen molar-refractivity contribution in [2.24, 2.45) is 0 Å². The lowest BCUT2D eigenvalue weighted by molar-refractivity contribution is -0.385. The number of halogens is 1. The van der Waals surface area contributed by atoms with Gasteiger partial charge in [-0.2, -0.15) is 0 Å². The van der Waals surface area contributed by atoms with Crippen LogP contribution in [0.4, 0.5) is 22.7 Å². The van der Waals surface area contributed by atoms with Gasteiger partial charge in [-0.15, -0.1) is 0 Å². The number of aliphatic hydroxyl groups is 1. The Morgan fingerprint density at radius 2 is 1.01 bits per heavy atom. The molecule has 4 N–H and O–H groups in total. The van der Waals surface area contributed by atoms with Crippen molar-refractivity contribution < 1.29 is 44.3 Å². The summed E-state index contributed by atoms with van der Waals surface area (Å²) in [6, 6.07) is 65.6. The summed E-state index contributed by atoms with van der Waals surface area (Å²) in [6.45, 7) is 3.74. The molecule has 415 valence electrons. The van der Waals surface area contributed by atoms with Crippen LogP contribution in [-0.2, 0) is 32.2 Å². The standard InChI is InChI=1S/C22H19NO3.C21H20N2O3.C14H12BrNO2.C7H6BO4/c1-16(24)18-8-5-9-19(14-18)20-12-13-22(23(25)26)21(15-20)11-10-17-6-3-2-4-7-17;1-15(24)17-8-5-9-18(12-17)19-10-11-21(23(25)26)20(13-19)22-14-16-6-3-2-4-7-16;15-13-8-9-14(16(17)18)12(10-13)7-6-11-4-2-1-3-5-11;9-7(10)5-2-1-3-6(4-5)12-8-11/h2-9,12-15H,10-11H2,1H3;2-13,15,22,24H,14H2,1H3;1-5,8-10H,6-7H2;1-4,11H,(H,9,10). The van der Waals surface area contributed by atoms with Crippen LogP contribution in [0.1, 0.15) is 74.0 Å². The van der Waals surface area contributed by atoms with Crippen molar-refractivity contribution >= 4 is 58.1 Å². The first kappa shape index (κ1) is 61.6. The molecule has 16 nitrogen and oxygen atoms in total. The van der Waals surface area contributed by atoms with Gasteiger partial charge in [-0.05, 0) is 151 Å². The second kappa shape index (κ2) is 31.2. The third-order valence-corrected chi connectivity index (χ3v) is 13.2. The van der Waals surface area contributed by atoms with Crippen molar-refractivity contribution in [1.82, 2.24) is 0 Å². The Kier molecular flexibility index (Phi) is 23.5. The Hall–Kier alpha value is -9.62. The largest absolute Gasteiger partial charge is 0.569 e. The second-order valence-corrected chi connectivity index (χ2v) is 19.3. The molecule has 1 atom stereocenters. The summed E-state index contributed by atoms with van der Waals surface area (Å²) in [5.74, 6) is -0.742. The Bertz CT molecular complexity index is 3610. The minimum Gasteiger partial charge on any atom is -0.537 e. The van der Waals surface area contributed by atoms with Crippen LogP contribution in [0, 0.1) is 30.3 Å². The van der Waals surface area contributed by atoms with Crippen molar-refractivity contribution in [2.75, 3.05) is 5.32 Å². The lowest BCUT2D eigenvalue weighted by atomic mass is 9.96. The van der Waals surface area contributed by atoms with Crippen LogP contribution in [0.15, 0.2) is 223 Å². The van der Waals surface area contributed by atoms with E-state index in [1.807, 2.05) is 146 Å². The molecule has 9 aromatic rings. The fourth-order valence-corrected chi connectivity index (χ4v) is 8.80. The van der Waals surface area contributed by atoms with Crippen molar-refractivity contribution in [1.29, 1.82) is 0 Å². The molecule has 0 aliphatic rings. The third-order valence-electron chi connectivity index (χ3n) is 12.7. The number of rotatable bonds is 19. The van der Waals surface area contributed by atoms with E-state index in [-0.39, 0.29) is 48.9 Å². The zero-order chi connectivity index (χ0) is 59.0. The number of carboxylic acids is 1. The Balaban J connectivity index is 0.000000182. The van der Waals surface area contributed by atoms with E-state index < -0.39 is 12.1 Å². The molecule has 0 saturated heterocycles. The first-order valence-electron chi connectivity index (χ1n) is 25.7. The Morgan fingerprint density at radius 3 is 1.55 bits per heavy atom. The van der Waals surface area contributed by atoms with Gasteiger partial charge in [0.05, 0.1) is 26.4 Å². The molecule has 9 aromatic carbocycles. The molecule has 9 rings (SSSR count). The summed E-state index contributed by atoms with van der Waals surface area (Å²) in [5.41, 5.74) is 10.7. The highest BCUT2D eigenvalue weighted by atomic mass is 79.9. The van der Waals surface area contributed by atoms with Gasteiger partial charge in [0, 0.05) is 45.9 Å². The van der Waals surface area contributed by atoms with Crippen LogP contribution in [0.5, 0.6) is 5.75 Å². The average molecular weight is 1160 g/mol. The summed E-state index contributed by atoms with van der Waals surface area (Å²) in [6.07, 6.45) is 2.22. The highest BCUT2D eigenvalue weighted by Gasteiger charge is 2.18. The van der Waals surface area contributed by atoms with Crippen LogP contribution in [0.25, 0.3) is 22.3 Å². The SMILES string of the molecule is CC(=O)c1cccc(-c2ccc([N+](=O)[O-])c(CCc3ccccc3)c2)c1.CC(O)c1cccc(-c2ccc([N+](=O)[O-])c(NCc3ccccc3)c2)c1.O=C(O)c1cccc(O[B]O)c1.O=[N+]([O-])c1ccc(Br)cc1CCc1ccccc1. The number of hydrogen-bond acceptors (Lipinski definition) is 12. The normalized spacial score (nSPS) is 10.6. The topological polar surface area (TPSA) is 246 Å². The number of nitro benzene ring substituents is 3. The number of hydrogen-bond donors (Lipinski definition) is 4. The molecule has 1 unspecified atom stereocenters. The number of nitrogens with zero attached hydrogens (tertiary/aromatic N) is 3. The van der Waals surface area contributed by atoms with Gasteiger partial charge in [-0.1, -0.05) is 149 Å². The molecule has 0 spiro atoms. The maximum Gasteiger partial charge on any atom is 0.569 e. The molecular weight excluding hydrogens is 1110 g/mol. The first-order valence-corrected chi connectivity index (χ1v) is 26.5. The van der Waals surface area contributed by atoms with Crippen molar-refractivity contribution in [2.45, 2.75) is 52.2 Å². The smallest absolute Gasteiger partial charge is 0.537 e. The molecule has 0 aliphatic carbocycles. The first-order chi connectivity index (χ1) is 39.5. The lowest BCUT2D eigenvalue weighted by Crippen LogP contribution is -2.03. The van der Waals surface area contributed by atoms with Gasteiger partial charge in [-0.25, -0.2) is 4.79 Å². The van der Waals surface area contributed by atoms with Crippen molar-refractivity contribution in [3.63, 3.8) is 0 Å². The number of benzene rings is 9. The molecule has 82 heavy (non-hydrogen) atoms. The summed E-state index contributed by atoms with van der Waals surface area (Å²) >= 11 is 3.35. The molecule has 1 radical (unpaired) electrons. The van der Waals surface area contributed by atoms with E-state index in [9.17, 15) is 45.0 Å². The zero-order valence-electron chi connectivity index (χ0n) is 44.7. The average Bonchev–Trinajstić information content (AvgIpc) is 3.51. The highest BCUT2D eigenvalue weighted by Crippen LogP contribution is 2.33. The monoisotopic (exact) mass is 1160 g/mol. The molecule has 0 aliphatic heterocycles. The predicted molar refractivity (Wildman–Crippen MR) is 322 cm³/mol. The number of aryl methyl sites for hydroxylation is 4. The molecule has 0 amide bonds. The quantitative estimate of drug-likeness (QED) is 0.0255. The Labute approximate surface area is 483 Å². The fraction of sp³-hybridized carbons (Fsp3) is 0.125. The number of ketones is 1. The molecule has 0 saturated carbocycles. The van der Waals surface area contributed by atoms with Gasteiger partial charge < -0.3 is 25.2 Å². The third kappa shape index (κ3) is 19.0. The number of anilines is 1. The summed E-state index contributed by atoms with van der Waals surface area (Å²) in [5, 5.41) is 63.4. The molecule has 0 bridgehead atoms. The van der Waals surface area contributed by atoms with E-state index >= 15 is 0 Å². The molecular formula is C64H57BBrN4O12. The second-order valence-electron chi connectivity index (χ2n) is 18.4. The number of nitro groups is 3. The van der Waals surface area contributed by atoms with Gasteiger partial charge in [-0.3, -0.25) is 35.1 Å². The van der Waals surface area contributed by atoms with Gasteiger partial charge in [0.25, 0.3) is 17.1 Å². The van der Waals surface area contributed by atoms with Gasteiger partial charge in [0.15, 0.2) is 5.78 Å². The molecule has 0 fully saturated rings. The van der Waals surface area contributed by atoms with Crippen molar-refractivity contribution in [3.8, 4) is 28.0 Å². The van der Waals surface area contributed by atoms with Crippen LogP contribution in [0.2, 0.25) is 0 Å². The summed E-state index contributed by atoms with van der Waals surface area (Å²) in [7, 11) is 0.501. The maximum atomic E-state index is 11.6. The van der Waals surface area contributed by atoms with Crippen molar-refractivity contribution in [3.05, 3.63) is 298 Å². The van der Waals surface area contributed by atoms with E-state index in [1.165, 1.54) is 36.8 Å². The number of aromatic carboxylic acids is 1. The lowest BCUT2D eigenvalue weighted by Gasteiger charge is -2.11. The number of carboxylic acid groups (broad SMARTS) is 1. The fourth-order valence-electron chi connectivity index (χ4n) is 8.39. The summed E-state index contributed by atoms with van der Waals surface area (Å²) < 4.78 is 5.44. The van der Waals surface area contributed by atoms with Crippen LogP contribution >= 0.6 is 15.9 Å². The molecule has 0 aromatic heterocycles. The van der Waals surface area contributed by atoms with Crippen LogP contribution in [0.3, 0.4) is 0 Å². The van der Waals surface area contributed by atoms with Gasteiger partial charge >= 0.3 is 13.7 Å². The summed E-state index contributed by atoms with van der Waals surface area (Å²) in [4.78, 5) is 54.7. The zero-order valence-corrected chi connectivity index (χ0v) is 46.3. The van der Waals surface area contributed by atoms with Crippen LogP contribution in [-0.4, -0.2) is 49.4 Å². The minimum absolute atomic E-state index is 0.00179. The van der Waals surface area contributed by atoms with E-state index in [0.717, 1.165) is 61.8 Å². The molecule has 0 heterocycles. The van der Waals surface area contributed by atoms with Crippen LogP contribution < -0.4 is 9.97 Å². The predicted octanol–water partition coefficient (Wildman–Crippen LogP) is 14.6. The minimum atomic E-state index is -1.03. The number of aliphatic hydroxyl groups excluding tert-OH is 1. The number of nitrogens with one attached hydrogen (secondary N) is 1. The van der Waals surface area contributed by atoms with E-state index in [0.29, 0.717) is 43.9 Å². The maximum absolute atomic E-state index is 11.6. The van der Waals surface area contributed by atoms with E-state index in [4.69, 9.17) is 10.1 Å². The number of carbonyl (C=O) groups is 2. The molecule has 18 heteroatoms. The van der Waals surface area contributed by atoms with E-state index in [1.54, 1.807) is 55.5 Å². The highest BCUT2D eigenvalue weighted by molar-refractivity contribution is 9.10. The van der Waals surface area contributed by atoms with Gasteiger partial charge in [0.1, 0.15) is 11.4 Å². The number of Topliss-reactive ketones (excluding diaryl/α,β-unsaturated/α-hetero) is 1. The van der Waals surface area contributed by atoms with E-state index in [2.05, 4.69) is 25.9 Å².